The van der Waals surface area contributed by atoms with Crippen LogP contribution in [-0.4, -0.2) is 9.97 Å². The van der Waals surface area contributed by atoms with E-state index in [-0.39, 0.29) is 0 Å². The Labute approximate surface area is 225 Å². The monoisotopic (exact) mass is 496 g/mol. The van der Waals surface area contributed by atoms with Gasteiger partial charge in [-0.15, -0.1) is 0 Å². The molecule has 0 amide bonds. The first-order chi connectivity index (χ1) is 18.8. The second-order valence-electron chi connectivity index (χ2n) is 10.7. The molecule has 6 aromatic rings. The van der Waals surface area contributed by atoms with Crippen LogP contribution in [0.3, 0.4) is 0 Å². The summed E-state index contributed by atoms with van der Waals surface area (Å²) in [6.45, 7) is 2.40. The van der Waals surface area contributed by atoms with Crippen molar-refractivity contribution in [3.8, 4) is 0 Å². The summed E-state index contributed by atoms with van der Waals surface area (Å²) in [5.74, 6) is 0.529. The quantitative estimate of drug-likeness (QED) is 0.139. The lowest BCUT2D eigenvalue weighted by Gasteiger charge is -2.17. The van der Waals surface area contributed by atoms with Crippen molar-refractivity contribution in [2.24, 2.45) is 0 Å². The Bertz CT molecular complexity index is 1590. The van der Waals surface area contributed by atoms with Gasteiger partial charge in [0.25, 0.3) is 0 Å². The largest absolute Gasteiger partial charge is 0.248 e. The van der Waals surface area contributed by atoms with Gasteiger partial charge in [-0.25, -0.2) is 9.97 Å². The number of unbranched alkanes of at least 4 members (excludes halogenated alkanes) is 5. The molecule has 38 heavy (non-hydrogen) atoms. The first-order valence-corrected chi connectivity index (χ1v) is 14.3. The minimum atomic E-state index is 0.529. The molecule has 0 bridgehead atoms. The zero-order valence-corrected chi connectivity index (χ0v) is 22.4. The van der Waals surface area contributed by atoms with E-state index >= 15 is 0 Å². The molecule has 2 aromatic heterocycles. The second kappa shape index (κ2) is 11.3. The van der Waals surface area contributed by atoms with Crippen LogP contribution in [0.1, 0.15) is 68.9 Å². The van der Waals surface area contributed by atoms with E-state index in [2.05, 4.69) is 104 Å². The van der Waals surface area contributed by atoms with E-state index in [0.717, 1.165) is 28.5 Å². The maximum absolute atomic E-state index is 4.91. The van der Waals surface area contributed by atoms with Crippen LogP contribution in [-0.2, 0) is 6.42 Å². The minimum Gasteiger partial charge on any atom is -0.248 e. The van der Waals surface area contributed by atoms with Gasteiger partial charge in [-0.05, 0) is 60.6 Å². The standard InChI is InChI=1S/C36H36N2/c1-26(36-30-20-10-14-24-34(30)38-35-25-15-11-21-31(35)36)16-6-4-2-3-5-7-17-27-28-18-8-12-22-32(28)37-33-23-13-9-19-29(27)33/h8-15,18-26H,2-7,16-17H2,1H3. The Balaban J connectivity index is 1.03. The van der Waals surface area contributed by atoms with E-state index in [1.54, 1.807) is 0 Å². The molecule has 0 aliphatic carbocycles. The second-order valence-corrected chi connectivity index (χ2v) is 10.7. The van der Waals surface area contributed by atoms with Gasteiger partial charge in [0.05, 0.1) is 22.1 Å². The van der Waals surface area contributed by atoms with Crippen LogP contribution in [0.4, 0.5) is 0 Å². The van der Waals surface area contributed by atoms with Crippen molar-refractivity contribution in [2.75, 3.05) is 0 Å². The van der Waals surface area contributed by atoms with E-state index < -0.39 is 0 Å². The van der Waals surface area contributed by atoms with Gasteiger partial charge < -0.3 is 0 Å². The van der Waals surface area contributed by atoms with Crippen molar-refractivity contribution in [2.45, 2.75) is 64.2 Å². The third-order valence-electron chi connectivity index (χ3n) is 8.14. The molecule has 0 radical (unpaired) electrons. The fourth-order valence-electron chi connectivity index (χ4n) is 6.20. The fraction of sp³-hybridized carbons (Fsp3) is 0.278. The molecular weight excluding hydrogens is 460 g/mol. The summed E-state index contributed by atoms with van der Waals surface area (Å²) in [7, 11) is 0. The number of hydrogen-bond acceptors (Lipinski definition) is 2. The molecule has 0 aliphatic rings. The molecule has 0 N–H and O–H groups in total. The van der Waals surface area contributed by atoms with Crippen LogP contribution in [0.25, 0.3) is 43.6 Å². The summed E-state index contributed by atoms with van der Waals surface area (Å²) in [5, 5.41) is 5.26. The number of aryl methyl sites for hydroxylation is 1. The van der Waals surface area contributed by atoms with Crippen LogP contribution >= 0.6 is 0 Å². The summed E-state index contributed by atoms with van der Waals surface area (Å²) < 4.78 is 0. The van der Waals surface area contributed by atoms with E-state index in [1.807, 2.05) is 0 Å². The maximum Gasteiger partial charge on any atom is 0.0712 e. The van der Waals surface area contributed by atoms with Gasteiger partial charge in [-0.1, -0.05) is 112 Å². The number of fused-ring (bicyclic) bond motifs is 4. The van der Waals surface area contributed by atoms with Crippen LogP contribution in [0.2, 0.25) is 0 Å². The third kappa shape index (κ3) is 5.00. The number of hydrogen-bond donors (Lipinski definition) is 0. The molecule has 1 atom stereocenters. The number of benzene rings is 4. The molecule has 2 nitrogen and oxygen atoms in total. The molecule has 6 rings (SSSR count). The normalized spacial score (nSPS) is 12.6. The molecule has 2 heteroatoms. The predicted octanol–water partition coefficient (Wildman–Crippen LogP) is 10.2. The summed E-state index contributed by atoms with van der Waals surface area (Å²) in [5.41, 5.74) is 7.40. The molecule has 0 spiro atoms. The van der Waals surface area contributed by atoms with E-state index in [1.165, 1.54) is 77.6 Å². The van der Waals surface area contributed by atoms with Crippen molar-refractivity contribution >= 4 is 43.6 Å². The van der Waals surface area contributed by atoms with Gasteiger partial charge in [0.15, 0.2) is 0 Å². The maximum atomic E-state index is 4.91. The SMILES string of the molecule is CC(CCCCCCCCc1c2ccccc2nc2ccccc12)c1c2ccccc2nc2ccccc12. The molecule has 0 fully saturated rings. The molecule has 190 valence electrons. The van der Waals surface area contributed by atoms with E-state index in [4.69, 9.17) is 9.97 Å². The Hall–Kier alpha value is -3.78. The van der Waals surface area contributed by atoms with Crippen LogP contribution in [0.5, 0.6) is 0 Å². The van der Waals surface area contributed by atoms with Crippen molar-refractivity contribution in [1.82, 2.24) is 9.97 Å². The van der Waals surface area contributed by atoms with Crippen LogP contribution in [0.15, 0.2) is 97.1 Å². The molecule has 2 heterocycles. The zero-order chi connectivity index (χ0) is 25.7. The molecule has 0 aliphatic heterocycles. The zero-order valence-electron chi connectivity index (χ0n) is 22.4. The highest BCUT2D eigenvalue weighted by molar-refractivity contribution is 5.98. The highest BCUT2D eigenvalue weighted by Gasteiger charge is 2.15. The highest BCUT2D eigenvalue weighted by atomic mass is 14.7. The molecule has 4 aromatic carbocycles. The summed E-state index contributed by atoms with van der Waals surface area (Å²) >= 11 is 0. The summed E-state index contributed by atoms with van der Waals surface area (Å²) in [6, 6.07) is 34.5. The first kappa shape index (κ1) is 24.6. The van der Waals surface area contributed by atoms with Gasteiger partial charge in [-0.3, -0.25) is 0 Å². The van der Waals surface area contributed by atoms with E-state index in [9.17, 15) is 0 Å². The average molecular weight is 497 g/mol. The Kier molecular flexibility index (Phi) is 7.31. The lowest BCUT2D eigenvalue weighted by molar-refractivity contribution is 0.554. The average Bonchev–Trinajstić information content (AvgIpc) is 2.96. The van der Waals surface area contributed by atoms with Crippen molar-refractivity contribution in [1.29, 1.82) is 0 Å². The van der Waals surface area contributed by atoms with E-state index in [0.29, 0.717) is 5.92 Å². The van der Waals surface area contributed by atoms with Gasteiger partial charge >= 0.3 is 0 Å². The number of para-hydroxylation sites is 4. The summed E-state index contributed by atoms with van der Waals surface area (Å²) in [6.07, 6.45) is 10.1. The van der Waals surface area contributed by atoms with Crippen LogP contribution in [0, 0.1) is 0 Å². The Morgan fingerprint density at radius 2 is 0.868 bits per heavy atom. The van der Waals surface area contributed by atoms with Gasteiger partial charge in [-0.2, -0.15) is 0 Å². The van der Waals surface area contributed by atoms with Crippen molar-refractivity contribution in [3.05, 3.63) is 108 Å². The number of rotatable bonds is 10. The number of aromatic nitrogens is 2. The van der Waals surface area contributed by atoms with Crippen LogP contribution < -0.4 is 0 Å². The Morgan fingerprint density at radius 1 is 0.474 bits per heavy atom. The fourth-order valence-corrected chi connectivity index (χ4v) is 6.20. The number of pyridine rings is 2. The Morgan fingerprint density at radius 3 is 1.39 bits per heavy atom. The predicted molar refractivity (Wildman–Crippen MR) is 163 cm³/mol. The topological polar surface area (TPSA) is 25.8 Å². The molecule has 0 saturated heterocycles. The molecule has 0 saturated carbocycles. The van der Waals surface area contributed by atoms with Crippen molar-refractivity contribution < 1.29 is 0 Å². The smallest absolute Gasteiger partial charge is 0.0712 e. The van der Waals surface area contributed by atoms with Gasteiger partial charge in [0.1, 0.15) is 0 Å². The summed E-state index contributed by atoms with van der Waals surface area (Å²) in [4.78, 5) is 9.79. The molecule has 1 unspecified atom stereocenters. The third-order valence-corrected chi connectivity index (χ3v) is 8.14. The minimum absolute atomic E-state index is 0.529. The number of nitrogens with zero attached hydrogens (tertiary/aromatic N) is 2. The lowest BCUT2D eigenvalue weighted by atomic mass is 9.89. The highest BCUT2D eigenvalue weighted by Crippen LogP contribution is 2.34. The van der Waals surface area contributed by atoms with Gasteiger partial charge in [0, 0.05) is 21.5 Å². The van der Waals surface area contributed by atoms with Gasteiger partial charge in [0.2, 0.25) is 0 Å². The lowest BCUT2D eigenvalue weighted by Crippen LogP contribution is -1.99. The first-order valence-electron chi connectivity index (χ1n) is 14.3. The van der Waals surface area contributed by atoms with Crippen molar-refractivity contribution in [3.63, 3.8) is 0 Å². The molecular formula is C36H36N2.